The van der Waals surface area contributed by atoms with Crippen LogP contribution in [0, 0.1) is 18.3 Å². The van der Waals surface area contributed by atoms with Crippen LogP contribution in [0.1, 0.15) is 22.7 Å². The van der Waals surface area contributed by atoms with Crippen LogP contribution in [0.2, 0.25) is 0 Å². The van der Waals surface area contributed by atoms with Crippen LogP contribution in [0.15, 0.2) is 60.0 Å². The van der Waals surface area contributed by atoms with Gasteiger partial charge in [-0.2, -0.15) is 19.1 Å². The molecule has 1 atom stereocenters. The summed E-state index contributed by atoms with van der Waals surface area (Å²) in [6.07, 6.45) is 0. The second-order valence-electron chi connectivity index (χ2n) is 6.77. The van der Waals surface area contributed by atoms with Crippen molar-refractivity contribution in [3.05, 3.63) is 76.8 Å². The fraction of sp³-hybridized carbons (Fsp3) is 0.182. The van der Waals surface area contributed by atoms with Crippen molar-refractivity contribution < 1.29 is 23.0 Å². The molecule has 2 N–H and O–H groups in total. The van der Waals surface area contributed by atoms with Gasteiger partial charge in [0.2, 0.25) is 11.8 Å². The number of aryl methyl sites for hydroxylation is 1. The number of alkyl halides is 2. The van der Waals surface area contributed by atoms with Crippen LogP contribution in [-0.2, 0) is 0 Å². The second-order valence-corrected chi connectivity index (χ2v) is 6.77. The fourth-order valence-corrected chi connectivity index (χ4v) is 3.65. The minimum Gasteiger partial charge on any atom is -0.493 e. The van der Waals surface area contributed by atoms with E-state index in [1.807, 2.05) is 30.3 Å². The minimum atomic E-state index is -2.99. The Morgan fingerprint density at radius 2 is 1.94 bits per heavy atom. The SMILES string of the molecule is COc1cc([C@H]2C(C#N)=C(N)Oc3c2c(C)nn3-c2ccccc2)ccc1OC(F)F. The van der Waals surface area contributed by atoms with Gasteiger partial charge in [-0.3, -0.25) is 0 Å². The summed E-state index contributed by atoms with van der Waals surface area (Å²) in [5.41, 5.74) is 8.93. The van der Waals surface area contributed by atoms with Gasteiger partial charge in [0, 0.05) is 0 Å². The molecule has 2 aromatic carbocycles. The van der Waals surface area contributed by atoms with Gasteiger partial charge in [0.1, 0.15) is 11.6 Å². The molecule has 0 saturated carbocycles. The first-order valence-corrected chi connectivity index (χ1v) is 9.29. The van der Waals surface area contributed by atoms with Crippen LogP contribution in [-0.4, -0.2) is 23.5 Å². The fourth-order valence-electron chi connectivity index (χ4n) is 3.65. The largest absolute Gasteiger partial charge is 0.493 e. The summed E-state index contributed by atoms with van der Waals surface area (Å²) in [5, 5.41) is 14.4. The smallest absolute Gasteiger partial charge is 0.387 e. The van der Waals surface area contributed by atoms with Gasteiger partial charge in [0.05, 0.1) is 30.0 Å². The van der Waals surface area contributed by atoms with E-state index >= 15 is 0 Å². The van der Waals surface area contributed by atoms with Crippen LogP contribution < -0.4 is 19.9 Å². The van der Waals surface area contributed by atoms with Gasteiger partial charge in [0.15, 0.2) is 11.5 Å². The number of aromatic nitrogens is 2. The molecule has 0 unspecified atom stereocenters. The molecule has 0 fully saturated rings. The highest BCUT2D eigenvalue weighted by Gasteiger charge is 2.36. The van der Waals surface area contributed by atoms with E-state index in [0.717, 1.165) is 5.69 Å². The van der Waals surface area contributed by atoms with E-state index < -0.39 is 12.5 Å². The number of methoxy groups -OCH3 is 1. The molecule has 4 rings (SSSR count). The van der Waals surface area contributed by atoms with E-state index in [1.165, 1.54) is 13.2 Å². The van der Waals surface area contributed by atoms with Crippen molar-refractivity contribution in [1.29, 1.82) is 5.26 Å². The molecule has 0 aliphatic carbocycles. The minimum absolute atomic E-state index is 0.0519. The van der Waals surface area contributed by atoms with Crippen molar-refractivity contribution in [3.8, 4) is 29.1 Å². The maximum Gasteiger partial charge on any atom is 0.387 e. The lowest BCUT2D eigenvalue weighted by atomic mass is 9.84. The Morgan fingerprint density at radius 1 is 1.19 bits per heavy atom. The van der Waals surface area contributed by atoms with Crippen LogP contribution in [0.4, 0.5) is 8.78 Å². The number of hydrogen-bond donors (Lipinski definition) is 1. The lowest BCUT2D eigenvalue weighted by molar-refractivity contribution is -0.0512. The van der Waals surface area contributed by atoms with Crippen LogP contribution in [0.5, 0.6) is 17.4 Å². The Bertz CT molecular complexity index is 1200. The average molecular weight is 424 g/mol. The summed E-state index contributed by atoms with van der Waals surface area (Å²) in [7, 11) is 1.35. The number of hydrogen-bond acceptors (Lipinski definition) is 6. The van der Waals surface area contributed by atoms with Gasteiger partial charge < -0.3 is 19.9 Å². The number of nitrogens with zero attached hydrogens (tertiary/aromatic N) is 3. The first kappa shape index (κ1) is 20.2. The highest BCUT2D eigenvalue weighted by Crippen LogP contribution is 2.46. The van der Waals surface area contributed by atoms with E-state index in [2.05, 4.69) is 15.9 Å². The zero-order valence-electron chi connectivity index (χ0n) is 16.7. The number of nitrogens with two attached hydrogens (primary N) is 1. The van der Waals surface area contributed by atoms with Gasteiger partial charge in [-0.15, -0.1) is 0 Å². The number of ether oxygens (including phenoxy) is 3. The Labute approximate surface area is 176 Å². The van der Waals surface area contributed by atoms with Crippen molar-refractivity contribution in [2.75, 3.05) is 7.11 Å². The number of rotatable bonds is 5. The first-order chi connectivity index (χ1) is 14.9. The summed E-state index contributed by atoms with van der Waals surface area (Å²) in [6, 6.07) is 16.0. The van der Waals surface area contributed by atoms with E-state index in [0.29, 0.717) is 22.7 Å². The molecule has 1 aromatic heterocycles. The number of benzene rings is 2. The maximum atomic E-state index is 12.7. The predicted octanol–water partition coefficient (Wildman–Crippen LogP) is 4.01. The molecule has 3 aromatic rings. The van der Waals surface area contributed by atoms with Gasteiger partial charge in [-0.05, 0) is 36.8 Å². The second kappa shape index (κ2) is 7.99. The lowest BCUT2D eigenvalue weighted by Crippen LogP contribution is -2.22. The van der Waals surface area contributed by atoms with Crippen molar-refractivity contribution >= 4 is 0 Å². The first-order valence-electron chi connectivity index (χ1n) is 9.29. The zero-order valence-corrected chi connectivity index (χ0v) is 16.7. The number of fused-ring (bicyclic) bond motifs is 1. The molecule has 0 saturated heterocycles. The van der Waals surface area contributed by atoms with Crippen molar-refractivity contribution in [3.63, 3.8) is 0 Å². The molecule has 0 radical (unpaired) electrons. The average Bonchev–Trinajstić information content (AvgIpc) is 3.09. The van der Waals surface area contributed by atoms with Crippen LogP contribution >= 0.6 is 0 Å². The Hall–Kier alpha value is -4.06. The normalized spacial score (nSPS) is 15.3. The molecule has 0 amide bonds. The molecule has 158 valence electrons. The topological polar surface area (TPSA) is 95.3 Å². The highest BCUT2D eigenvalue weighted by atomic mass is 19.3. The molecule has 9 heteroatoms. The van der Waals surface area contributed by atoms with Crippen molar-refractivity contribution in [1.82, 2.24) is 9.78 Å². The summed E-state index contributed by atoms with van der Waals surface area (Å²) < 4.78 is 42.6. The van der Waals surface area contributed by atoms with E-state index in [1.54, 1.807) is 23.7 Å². The summed E-state index contributed by atoms with van der Waals surface area (Å²) >= 11 is 0. The third kappa shape index (κ3) is 3.53. The maximum absolute atomic E-state index is 12.7. The van der Waals surface area contributed by atoms with Crippen molar-refractivity contribution in [2.45, 2.75) is 19.5 Å². The molecule has 0 bridgehead atoms. The van der Waals surface area contributed by atoms with Gasteiger partial charge >= 0.3 is 6.61 Å². The summed E-state index contributed by atoms with van der Waals surface area (Å²) in [4.78, 5) is 0. The Balaban J connectivity index is 1.89. The third-order valence-electron chi connectivity index (χ3n) is 4.97. The Kier molecular flexibility index (Phi) is 5.21. The van der Waals surface area contributed by atoms with Gasteiger partial charge in [0.25, 0.3) is 0 Å². The van der Waals surface area contributed by atoms with Crippen LogP contribution in [0.3, 0.4) is 0 Å². The molecule has 2 heterocycles. The van der Waals surface area contributed by atoms with Crippen molar-refractivity contribution in [2.24, 2.45) is 5.73 Å². The quantitative estimate of drug-likeness (QED) is 0.665. The van der Waals surface area contributed by atoms with Crippen LogP contribution in [0.25, 0.3) is 5.69 Å². The zero-order chi connectivity index (χ0) is 22.1. The third-order valence-corrected chi connectivity index (χ3v) is 4.97. The number of para-hydroxylation sites is 1. The van der Waals surface area contributed by atoms with E-state index in [-0.39, 0.29) is 23.0 Å². The molecular formula is C22H18F2N4O3. The lowest BCUT2D eigenvalue weighted by Gasteiger charge is -2.25. The molecule has 31 heavy (non-hydrogen) atoms. The van der Waals surface area contributed by atoms with E-state index in [4.69, 9.17) is 15.2 Å². The molecular weight excluding hydrogens is 406 g/mol. The molecule has 1 aliphatic heterocycles. The Morgan fingerprint density at radius 3 is 2.58 bits per heavy atom. The standard InChI is InChI=1S/C22H18F2N4O3/c1-12-18-19(13-8-9-16(30-22(23)24)17(10-13)29-2)15(11-25)20(26)31-21(18)28(27-12)14-6-4-3-5-7-14/h3-10,19,22H,26H2,1-2H3/t19-/m0/s1. The monoisotopic (exact) mass is 424 g/mol. The number of nitriles is 1. The van der Waals surface area contributed by atoms with E-state index in [9.17, 15) is 14.0 Å². The predicted molar refractivity (Wildman–Crippen MR) is 107 cm³/mol. The molecule has 1 aliphatic rings. The number of halogens is 2. The van der Waals surface area contributed by atoms with Gasteiger partial charge in [-0.25, -0.2) is 4.68 Å². The summed E-state index contributed by atoms with van der Waals surface area (Å²) in [6.45, 7) is -1.19. The summed E-state index contributed by atoms with van der Waals surface area (Å²) in [5.74, 6) is -0.294. The number of allylic oxidation sites excluding steroid dienone is 1. The van der Waals surface area contributed by atoms with Gasteiger partial charge in [-0.1, -0.05) is 24.3 Å². The molecule has 0 spiro atoms. The molecule has 7 nitrogen and oxygen atoms in total. The highest BCUT2D eigenvalue weighted by molar-refractivity contribution is 5.59.